The third-order valence-corrected chi connectivity index (χ3v) is 3.42. The zero-order chi connectivity index (χ0) is 16.8. The Hall–Kier alpha value is -2.48. The molecule has 0 saturated carbocycles. The van der Waals surface area contributed by atoms with E-state index >= 15 is 0 Å². The Morgan fingerprint density at radius 3 is 2.87 bits per heavy atom. The van der Waals surface area contributed by atoms with Crippen LogP contribution in [0.1, 0.15) is 5.56 Å². The predicted molar refractivity (Wildman–Crippen MR) is 77.1 cm³/mol. The number of carboxylic acids is 1. The predicted octanol–water partition coefficient (Wildman–Crippen LogP) is -0.204. The topological polar surface area (TPSA) is 95.9 Å². The van der Waals surface area contributed by atoms with Crippen molar-refractivity contribution in [2.24, 2.45) is 0 Å². The number of nitrogens with zero attached hydrogens (tertiary/aromatic N) is 1. The fraction of sp³-hybridized carbons (Fsp3) is 0.400. The maximum Gasteiger partial charge on any atom is 0.328 e. The smallest absolute Gasteiger partial charge is 0.328 e. The van der Waals surface area contributed by atoms with Crippen molar-refractivity contribution < 1.29 is 28.6 Å². The van der Waals surface area contributed by atoms with E-state index in [1.807, 2.05) is 0 Å². The van der Waals surface area contributed by atoms with Crippen molar-refractivity contribution in [2.75, 3.05) is 26.3 Å². The Labute approximate surface area is 132 Å². The first-order valence-electron chi connectivity index (χ1n) is 7.08. The van der Waals surface area contributed by atoms with E-state index in [1.54, 1.807) is 6.07 Å². The number of carbonyl (C=O) groups excluding carboxylic acids is 2. The van der Waals surface area contributed by atoms with Gasteiger partial charge in [0.25, 0.3) is 0 Å². The molecule has 0 radical (unpaired) electrons. The zero-order valence-electron chi connectivity index (χ0n) is 12.3. The van der Waals surface area contributed by atoms with E-state index in [9.17, 15) is 18.8 Å². The van der Waals surface area contributed by atoms with Gasteiger partial charge in [0.05, 0.1) is 26.2 Å². The molecule has 1 unspecified atom stereocenters. The summed E-state index contributed by atoms with van der Waals surface area (Å²) in [6.45, 7) is 0.0402. The van der Waals surface area contributed by atoms with Crippen molar-refractivity contribution in [3.8, 4) is 0 Å². The molecule has 1 heterocycles. The van der Waals surface area contributed by atoms with Crippen LogP contribution in [0.2, 0.25) is 0 Å². The lowest BCUT2D eigenvalue weighted by atomic mass is 10.1. The number of hydrogen-bond acceptors (Lipinski definition) is 4. The molecule has 0 bridgehead atoms. The fourth-order valence-corrected chi connectivity index (χ4v) is 2.28. The van der Waals surface area contributed by atoms with Gasteiger partial charge in [-0.05, 0) is 17.7 Å². The number of carboxylic acid groups (broad SMARTS) is 1. The molecule has 2 amide bonds. The van der Waals surface area contributed by atoms with Crippen LogP contribution in [-0.2, 0) is 25.5 Å². The van der Waals surface area contributed by atoms with Crippen molar-refractivity contribution in [3.63, 3.8) is 0 Å². The van der Waals surface area contributed by atoms with Crippen molar-refractivity contribution in [1.29, 1.82) is 0 Å². The van der Waals surface area contributed by atoms with E-state index in [2.05, 4.69) is 5.32 Å². The number of halogens is 1. The highest BCUT2D eigenvalue weighted by Crippen LogP contribution is 2.08. The molecule has 7 nitrogen and oxygen atoms in total. The Balaban J connectivity index is 1.85. The number of aliphatic carboxylic acids is 1. The molecular formula is C15H17FN2O5. The van der Waals surface area contributed by atoms with Crippen LogP contribution in [0, 0.1) is 5.82 Å². The fourth-order valence-electron chi connectivity index (χ4n) is 2.28. The lowest BCUT2D eigenvalue weighted by molar-refractivity contribution is -0.157. The maximum absolute atomic E-state index is 13.0. The van der Waals surface area contributed by atoms with Gasteiger partial charge in [-0.1, -0.05) is 12.1 Å². The number of amides is 2. The second-order valence-electron chi connectivity index (χ2n) is 5.10. The summed E-state index contributed by atoms with van der Waals surface area (Å²) in [5, 5.41) is 11.5. The van der Waals surface area contributed by atoms with Crippen LogP contribution in [0.3, 0.4) is 0 Å². The molecule has 0 aromatic heterocycles. The van der Waals surface area contributed by atoms with Gasteiger partial charge in [-0.3, -0.25) is 9.59 Å². The Kier molecular flexibility index (Phi) is 5.64. The molecule has 0 aliphatic carbocycles. The standard InChI is InChI=1S/C15H17FN2O5/c16-11-3-1-2-10(6-11)7-13(19)17-8-14(20)18-4-5-23-9-12(18)15(21)22/h1-3,6,12H,4-5,7-9H2,(H,17,19)(H,21,22). The summed E-state index contributed by atoms with van der Waals surface area (Å²) >= 11 is 0. The highest BCUT2D eigenvalue weighted by atomic mass is 19.1. The van der Waals surface area contributed by atoms with Crippen LogP contribution in [0.15, 0.2) is 24.3 Å². The van der Waals surface area contributed by atoms with Crippen LogP contribution < -0.4 is 5.32 Å². The number of nitrogens with one attached hydrogen (secondary N) is 1. The molecule has 124 valence electrons. The number of benzene rings is 1. The summed E-state index contributed by atoms with van der Waals surface area (Å²) in [6, 6.07) is 4.57. The Morgan fingerprint density at radius 2 is 2.17 bits per heavy atom. The van der Waals surface area contributed by atoms with Gasteiger partial charge in [0.15, 0.2) is 6.04 Å². The minimum atomic E-state index is -1.15. The van der Waals surface area contributed by atoms with Crippen molar-refractivity contribution >= 4 is 17.8 Å². The van der Waals surface area contributed by atoms with E-state index < -0.39 is 29.6 Å². The maximum atomic E-state index is 13.0. The molecule has 1 saturated heterocycles. The van der Waals surface area contributed by atoms with Crippen LogP contribution in [0.25, 0.3) is 0 Å². The Morgan fingerprint density at radius 1 is 1.39 bits per heavy atom. The second kappa shape index (κ2) is 7.68. The van der Waals surface area contributed by atoms with Gasteiger partial charge in [0.2, 0.25) is 11.8 Å². The average Bonchev–Trinajstić information content (AvgIpc) is 2.52. The van der Waals surface area contributed by atoms with Gasteiger partial charge in [-0.15, -0.1) is 0 Å². The van der Waals surface area contributed by atoms with Crippen molar-refractivity contribution in [3.05, 3.63) is 35.6 Å². The normalized spacial score (nSPS) is 17.6. The molecular weight excluding hydrogens is 307 g/mol. The second-order valence-corrected chi connectivity index (χ2v) is 5.10. The molecule has 23 heavy (non-hydrogen) atoms. The quantitative estimate of drug-likeness (QED) is 0.782. The van der Waals surface area contributed by atoms with Crippen LogP contribution in [-0.4, -0.2) is 60.1 Å². The summed E-state index contributed by atoms with van der Waals surface area (Å²) < 4.78 is 18.1. The van der Waals surface area contributed by atoms with Crippen molar-refractivity contribution in [2.45, 2.75) is 12.5 Å². The summed E-state index contributed by atoms with van der Waals surface area (Å²) in [5.41, 5.74) is 0.490. The summed E-state index contributed by atoms with van der Waals surface area (Å²) in [6.07, 6.45) is -0.0590. The minimum absolute atomic E-state index is 0.0590. The van der Waals surface area contributed by atoms with Gasteiger partial charge in [0, 0.05) is 6.54 Å². The number of ether oxygens (including phenoxy) is 1. The number of morpholine rings is 1. The first-order chi connectivity index (χ1) is 11.0. The molecule has 0 spiro atoms. The first kappa shape index (κ1) is 16.9. The SMILES string of the molecule is O=C(Cc1cccc(F)c1)NCC(=O)N1CCOCC1C(=O)O. The number of rotatable bonds is 5. The van der Waals surface area contributed by atoms with Crippen molar-refractivity contribution in [1.82, 2.24) is 10.2 Å². The molecule has 8 heteroatoms. The third-order valence-electron chi connectivity index (χ3n) is 3.42. The number of carbonyl (C=O) groups is 3. The highest BCUT2D eigenvalue weighted by Gasteiger charge is 2.32. The van der Waals surface area contributed by atoms with Crippen LogP contribution >= 0.6 is 0 Å². The molecule has 1 atom stereocenters. The van der Waals surface area contributed by atoms with Gasteiger partial charge < -0.3 is 20.1 Å². The van der Waals surface area contributed by atoms with E-state index in [-0.39, 0.29) is 32.7 Å². The molecule has 2 N–H and O–H groups in total. The number of hydrogen-bond donors (Lipinski definition) is 2. The summed E-state index contributed by atoms with van der Waals surface area (Å²) in [7, 11) is 0. The van der Waals surface area contributed by atoms with Gasteiger partial charge >= 0.3 is 5.97 Å². The molecule has 1 aromatic rings. The Bertz CT molecular complexity index is 607. The van der Waals surface area contributed by atoms with Gasteiger partial charge in [-0.2, -0.15) is 0 Å². The molecule has 2 rings (SSSR count). The summed E-state index contributed by atoms with van der Waals surface area (Å²) in [5.74, 6) is -2.52. The van der Waals surface area contributed by atoms with E-state index in [4.69, 9.17) is 9.84 Å². The average molecular weight is 324 g/mol. The van der Waals surface area contributed by atoms with E-state index in [0.717, 1.165) is 0 Å². The monoisotopic (exact) mass is 324 g/mol. The largest absolute Gasteiger partial charge is 0.480 e. The first-order valence-corrected chi connectivity index (χ1v) is 7.08. The van der Waals surface area contributed by atoms with Crippen LogP contribution in [0.4, 0.5) is 4.39 Å². The molecule has 1 aliphatic heterocycles. The molecule has 1 aliphatic rings. The lowest BCUT2D eigenvalue weighted by Crippen LogP contribution is -2.55. The van der Waals surface area contributed by atoms with E-state index in [0.29, 0.717) is 5.56 Å². The summed E-state index contributed by atoms with van der Waals surface area (Å²) in [4.78, 5) is 36.1. The minimum Gasteiger partial charge on any atom is -0.480 e. The van der Waals surface area contributed by atoms with Gasteiger partial charge in [0.1, 0.15) is 5.82 Å². The molecule has 1 fully saturated rings. The molecule has 1 aromatic carbocycles. The third kappa shape index (κ3) is 4.75. The van der Waals surface area contributed by atoms with Crippen LogP contribution in [0.5, 0.6) is 0 Å². The zero-order valence-corrected chi connectivity index (χ0v) is 12.3. The van der Waals surface area contributed by atoms with Gasteiger partial charge in [-0.25, -0.2) is 9.18 Å². The van der Waals surface area contributed by atoms with E-state index in [1.165, 1.54) is 23.1 Å². The highest BCUT2D eigenvalue weighted by molar-refractivity contribution is 5.88. The lowest BCUT2D eigenvalue weighted by Gasteiger charge is -2.32.